The molecule has 2 aromatic rings. The normalized spacial score (nSPS) is 13.4. The molecule has 2 amide bonds. The van der Waals surface area contributed by atoms with Gasteiger partial charge in [-0.1, -0.05) is 24.3 Å². The molecule has 2 aromatic carbocycles. The molecule has 1 aliphatic heterocycles. The molecule has 0 saturated carbocycles. The standard InChI is InChI=1S/C17H14F2N2O2/c18-13-5-6-15(14(19)9-13)20-16(22)17(23)21-8-7-11-3-1-2-4-12(11)10-21/h1-6,9H,7-8,10H2,(H,20,22). The number of rotatable bonds is 1. The van der Waals surface area contributed by atoms with E-state index in [9.17, 15) is 18.4 Å². The van der Waals surface area contributed by atoms with Crippen LogP contribution in [0.4, 0.5) is 14.5 Å². The van der Waals surface area contributed by atoms with Crippen LogP contribution in [0.5, 0.6) is 0 Å². The van der Waals surface area contributed by atoms with Crippen LogP contribution in [-0.4, -0.2) is 23.3 Å². The minimum atomic E-state index is -0.935. The zero-order chi connectivity index (χ0) is 16.4. The highest BCUT2D eigenvalue weighted by atomic mass is 19.1. The van der Waals surface area contributed by atoms with Crippen LogP contribution in [0.1, 0.15) is 11.1 Å². The van der Waals surface area contributed by atoms with Gasteiger partial charge in [-0.15, -0.1) is 0 Å². The molecule has 118 valence electrons. The molecule has 3 rings (SSSR count). The number of carbonyl (C=O) groups excluding carboxylic acids is 2. The molecule has 1 heterocycles. The van der Waals surface area contributed by atoms with Crippen molar-refractivity contribution in [2.75, 3.05) is 11.9 Å². The fourth-order valence-electron chi connectivity index (χ4n) is 2.58. The van der Waals surface area contributed by atoms with E-state index >= 15 is 0 Å². The molecule has 0 radical (unpaired) electrons. The number of halogens is 2. The lowest BCUT2D eigenvalue weighted by molar-refractivity contribution is -0.143. The van der Waals surface area contributed by atoms with Gasteiger partial charge in [-0.25, -0.2) is 8.78 Å². The number of hydrogen-bond donors (Lipinski definition) is 1. The third-order valence-corrected chi connectivity index (χ3v) is 3.79. The lowest BCUT2D eigenvalue weighted by atomic mass is 10.00. The highest BCUT2D eigenvalue weighted by Crippen LogP contribution is 2.19. The summed E-state index contributed by atoms with van der Waals surface area (Å²) in [6, 6.07) is 10.5. The van der Waals surface area contributed by atoms with E-state index in [0.717, 1.165) is 23.3 Å². The van der Waals surface area contributed by atoms with E-state index in [4.69, 9.17) is 0 Å². The van der Waals surface area contributed by atoms with E-state index < -0.39 is 23.4 Å². The summed E-state index contributed by atoms with van der Waals surface area (Å²) in [6.45, 7) is 0.767. The summed E-state index contributed by atoms with van der Waals surface area (Å²) in [4.78, 5) is 25.6. The number of benzene rings is 2. The summed E-state index contributed by atoms with van der Waals surface area (Å²) >= 11 is 0. The molecular formula is C17H14F2N2O2. The van der Waals surface area contributed by atoms with E-state index in [1.165, 1.54) is 4.90 Å². The van der Waals surface area contributed by atoms with Gasteiger partial charge in [-0.2, -0.15) is 0 Å². The molecule has 0 aromatic heterocycles. The first-order valence-electron chi connectivity index (χ1n) is 7.16. The highest BCUT2D eigenvalue weighted by molar-refractivity contribution is 6.39. The Hall–Kier alpha value is -2.76. The molecule has 0 atom stereocenters. The number of carbonyl (C=O) groups is 2. The van der Waals surface area contributed by atoms with Gasteiger partial charge in [-0.3, -0.25) is 9.59 Å². The number of anilines is 1. The third-order valence-electron chi connectivity index (χ3n) is 3.79. The van der Waals surface area contributed by atoms with Gasteiger partial charge in [0.05, 0.1) is 5.69 Å². The van der Waals surface area contributed by atoms with Crippen LogP contribution in [0.15, 0.2) is 42.5 Å². The van der Waals surface area contributed by atoms with Crippen molar-refractivity contribution < 1.29 is 18.4 Å². The SMILES string of the molecule is O=C(Nc1ccc(F)cc1F)C(=O)N1CCc2ccccc2C1. The second kappa shape index (κ2) is 6.16. The first-order valence-corrected chi connectivity index (χ1v) is 7.16. The number of nitrogens with zero attached hydrogens (tertiary/aromatic N) is 1. The van der Waals surface area contributed by atoms with Crippen LogP contribution >= 0.6 is 0 Å². The molecule has 0 aliphatic carbocycles. The average Bonchev–Trinajstić information content (AvgIpc) is 2.56. The van der Waals surface area contributed by atoms with Crippen molar-refractivity contribution in [3.05, 3.63) is 65.2 Å². The molecular weight excluding hydrogens is 302 g/mol. The summed E-state index contributed by atoms with van der Waals surface area (Å²) in [6.07, 6.45) is 0.667. The third kappa shape index (κ3) is 3.21. The number of nitrogens with one attached hydrogen (secondary N) is 1. The van der Waals surface area contributed by atoms with Crippen molar-refractivity contribution in [1.82, 2.24) is 4.90 Å². The van der Waals surface area contributed by atoms with Gasteiger partial charge in [0.2, 0.25) is 0 Å². The Labute approximate surface area is 131 Å². The zero-order valence-electron chi connectivity index (χ0n) is 12.2. The molecule has 4 nitrogen and oxygen atoms in total. The van der Waals surface area contributed by atoms with Crippen molar-refractivity contribution >= 4 is 17.5 Å². The summed E-state index contributed by atoms with van der Waals surface area (Å²) < 4.78 is 26.4. The lowest BCUT2D eigenvalue weighted by Gasteiger charge is -2.28. The van der Waals surface area contributed by atoms with Crippen LogP contribution < -0.4 is 5.32 Å². The molecule has 0 unspecified atom stereocenters. The van der Waals surface area contributed by atoms with E-state index in [1.54, 1.807) is 0 Å². The summed E-state index contributed by atoms with van der Waals surface area (Å²) in [5.41, 5.74) is 1.93. The molecule has 1 aliphatic rings. The van der Waals surface area contributed by atoms with E-state index in [2.05, 4.69) is 5.32 Å². The predicted octanol–water partition coefficient (Wildman–Crippen LogP) is 2.49. The fourth-order valence-corrected chi connectivity index (χ4v) is 2.58. The Morgan fingerprint density at radius 1 is 1.04 bits per heavy atom. The van der Waals surface area contributed by atoms with Gasteiger partial charge >= 0.3 is 11.8 Å². The minimum Gasteiger partial charge on any atom is -0.330 e. The molecule has 23 heavy (non-hydrogen) atoms. The lowest BCUT2D eigenvalue weighted by Crippen LogP contribution is -2.42. The van der Waals surface area contributed by atoms with Crippen LogP contribution in [0.3, 0.4) is 0 Å². The zero-order valence-corrected chi connectivity index (χ0v) is 12.2. The molecule has 0 saturated heterocycles. The van der Waals surface area contributed by atoms with Gasteiger partial charge in [0.1, 0.15) is 11.6 Å². The van der Waals surface area contributed by atoms with E-state index in [-0.39, 0.29) is 5.69 Å². The van der Waals surface area contributed by atoms with Crippen molar-refractivity contribution in [3.63, 3.8) is 0 Å². The Balaban J connectivity index is 1.70. The number of fused-ring (bicyclic) bond motifs is 1. The Morgan fingerprint density at radius 3 is 2.52 bits per heavy atom. The first-order chi connectivity index (χ1) is 11.0. The number of amides is 2. The van der Waals surface area contributed by atoms with Crippen molar-refractivity contribution in [1.29, 1.82) is 0 Å². The van der Waals surface area contributed by atoms with Crippen molar-refractivity contribution in [2.24, 2.45) is 0 Å². The summed E-state index contributed by atoms with van der Waals surface area (Å²) in [5, 5.41) is 2.19. The van der Waals surface area contributed by atoms with Crippen LogP contribution in [0.25, 0.3) is 0 Å². The second-order valence-corrected chi connectivity index (χ2v) is 5.32. The summed E-state index contributed by atoms with van der Waals surface area (Å²) in [5.74, 6) is -3.34. The summed E-state index contributed by atoms with van der Waals surface area (Å²) in [7, 11) is 0. The van der Waals surface area contributed by atoms with E-state index in [0.29, 0.717) is 25.6 Å². The quantitative estimate of drug-likeness (QED) is 0.822. The molecule has 0 fully saturated rings. The molecule has 0 spiro atoms. The van der Waals surface area contributed by atoms with Crippen LogP contribution in [0.2, 0.25) is 0 Å². The molecule has 1 N–H and O–H groups in total. The molecule has 6 heteroatoms. The fraction of sp³-hybridized carbons (Fsp3) is 0.176. The van der Waals surface area contributed by atoms with Crippen LogP contribution in [0, 0.1) is 11.6 Å². The van der Waals surface area contributed by atoms with Crippen LogP contribution in [-0.2, 0) is 22.6 Å². The van der Waals surface area contributed by atoms with E-state index in [1.807, 2.05) is 24.3 Å². The smallest absolute Gasteiger partial charge is 0.313 e. The monoisotopic (exact) mass is 316 g/mol. The Bertz CT molecular complexity index is 777. The predicted molar refractivity (Wildman–Crippen MR) is 80.6 cm³/mol. The van der Waals surface area contributed by atoms with Crippen molar-refractivity contribution in [3.8, 4) is 0 Å². The maximum absolute atomic E-state index is 13.5. The van der Waals surface area contributed by atoms with Gasteiger partial charge in [0, 0.05) is 19.2 Å². The maximum Gasteiger partial charge on any atom is 0.313 e. The van der Waals surface area contributed by atoms with Gasteiger partial charge in [0.25, 0.3) is 0 Å². The Morgan fingerprint density at radius 2 is 1.78 bits per heavy atom. The van der Waals surface area contributed by atoms with Crippen molar-refractivity contribution in [2.45, 2.75) is 13.0 Å². The minimum absolute atomic E-state index is 0.220. The average molecular weight is 316 g/mol. The molecule has 0 bridgehead atoms. The van der Waals surface area contributed by atoms with Gasteiger partial charge in [-0.05, 0) is 29.7 Å². The largest absolute Gasteiger partial charge is 0.330 e. The Kier molecular flexibility index (Phi) is 4.06. The first kappa shape index (κ1) is 15.1. The second-order valence-electron chi connectivity index (χ2n) is 5.32. The van der Waals surface area contributed by atoms with Gasteiger partial charge < -0.3 is 10.2 Å². The van der Waals surface area contributed by atoms with Gasteiger partial charge in [0.15, 0.2) is 0 Å². The topological polar surface area (TPSA) is 49.4 Å². The highest BCUT2D eigenvalue weighted by Gasteiger charge is 2.26. The number of hydrogen-bond acceptors (Lipinski definition) is 2. The maximum atomic E-state index is 13.5.